The van der Waals surface area contributed by atoms with Gasteiger partial charge in [0.1, 0.15) is 12.4 Å². The molecule has 0 fully saturated rings. The topological polar surface area (TPSA) is 64.4 Å². The number of benzene rings is 1. The van der Waals surface area contributed by atoms with Gasteiger partial charge in [0.25, 0.3) is 0 Å². The lowest BCUT2D eigenvalue weighted by Crippen LogP contribution is -2.46. The summed E-state index contributed by atoms with van der Waals surface area (Å²) in [5, 5.41) is 2.86. The maximum Gasteiger partial charge on any atom is 0.237 e. The van der Waals surface area contributed by atoms with E-state index in [4.69, 9.17) is 10.5 Å². The summed E-state index contributed by atoms with van der Waals surface area (Å²) in [5.74, 6) is 0.700. The molecule has 0 aromatic heterocycles. The molecule has 19 heavy (non-hydrogen) atoms. The van der Waals surface area contributed by atoms with Gasteiger partial charge in [-0.15, -0.1) is 0 Å². The smallest absolute Gasteiger partial charge is 0.237 e. The summed E-state index contributed by atoms with van der Waals surface area (Å²) in [6.45, 7) is 6.39. The number of hydrogen-bond donors (Lipinski definition) is 2. The number of hydrogen-bond acceptors (Lipinski definition) is 3. The molecule has 106 valence electrons. The van der Waals surface area contributed by atoms with E-state index in [0.717, 1.165) is 12.2 Å². The number of rotatable bonds is 7. The fourth-order valence-electron chi connectivity index (χ4n) is 1.69. The third-order valence-corrected chi connectivity index (χ3v) is 2.85. The van der Waals surface area contributed by atoms with Gasteiger partial charge in [0.15, 0.2) is 0 Å². The van der Waals surface area contributed by atoms with E-state index in [1.165, 1.54) is 5.56 Å². The Hall–Kier alpha value is -1.55. The summed E-state index contributed by atoms with van der Waals surface area (Å²) in [6.07, 6.45) is 1.61. The van der Waals surface area contributed by atoms with Crippen LogP contribution in [0, 0.1) is 6.92 Å². The highest BCUT2D eigenvalue weighted by molar-refractivity contribution is 5.81. The van der Waals surface area contributed by atoms with Crippen molar-refractivity contribution in [1.82, 2.24) is 5.32 Å². The van der Waals surface area contributed by atoms with Crippen LogP contribution >= 0.6 is 0 Å². The van der Waals surface area contributed by atoms with Gasteiger partial charge in [0.05, 0.1) is 12.1 Å². The zero-order chi connectivity index (χ0) is 14.3. The molecule has 0 aliphatic carbocycles. The molecule has 0 aliphatic heterocycles. The molecule has 1 rings (SSSR count). The minimum atomic E-state index is -0.424. The zero-order valence-electron chi connectivity index (χ0n) is 12.0. The standard InChI is InChI=1S/C15H24N2O2/c1-4-5-14(16)15(18)17-12(3)10-19-13-8-6-11(2)7-9-13/h6-9,12,14H,4-5,10,16H2,1-3H3,(H,17,18)/t12?,14-/m1/s1. The van der Waals surface area contributed by atoms with E-state index in [-0.39, 0.29) is 11.9 Å². The maximum absolute atomic E-state index is 11.7. The minimum Gasteiger partial charge on any atom is -0.491 e. The Morgan fingerprint density at radius 3 is 2.58 bits per heavy atom. The second-order valence-corrected chi connectivity index (χ2v) is 4.93. The van der Waals surface area contributed by atoms with Crippen LogP contribution in [-0.4, -0.2) is 24.6 Å². The lowest BCUT2D eigenvalue weighted by Gasteiger charge is -2.17. The summed E-state index contributed by atoms with van der Waals surface area (Å²) in [4.78, 5) is 11.7. The Morgan fingerprint density at radius 1 is 1.37 bits per heavy atom. The zero-order valence-corrected chi connectivity index (χ0v) is 12.0. The Morgan fingerprint density at radius 2 is 2.00 bits per heavy atom. The molecular weight excluding hydrogens is 240 g/mol. The summed E-state index contributed by atoms with van der Waals surface area (Å²) >= 11 is 0. The Bertz CT molecular complexity index is 390. The van der Waals surface area contributed by atoms with Crippen molar-refractivity contribution in [3.63, 3.8) is 0 Å². The van der Waals surface area contributed by atoms with Gasteiger partial charge >= 0.3 is 0 Å². The average Bonchev–Trinajstić information content (AvgIpc) is 2.38. The molecule has 1 aromatic rings. The lowest BCUT2D eigenvalue weighted by atomic mass is 10.1. The van der Waals surface area contributed by atoms with E-state index >= 15 is 0 Å². The lowest BCUT2D eigenvalue weighted by molar-refractivity contribution is -0.123. The first-order valence-electron chi connectivity index (χ1n) is 6.78. The van der Waals surface area contributed by atoms with Crippen molar-refractivity contribution >= 4 is 5.91 Å². The molecule has 0 saturated heterocycles. The second kappa shape index (κ2) is 7.79. The first-order chi connectivity index (χ1) is 9.02. The maximum atomic E-state index is 11.7. The highest BCUT2D eigenvalue weighted by Crippen LogP contribution is 2.11. The molecule has 1 amide bonds. The van der Waals surface area contributed by atoms with Gasteiger partial charge in [-0.25, -0.2) is 0 Å². The molecule has 0 spiro atoms. The van der Waals surface area contributed by atoms with Gasteiger partial charge in [0.2, 0.25) is 5.91 Å². The number of nitrogens with one attached hydrogen (secondary N) is 1. The van der Waals surface area contributed by atoms with E-state index < -0.39 is 6.04 Å². The van der Waals surface area contributed by atoms with Crippen molar-refractivity contribution in [1.29, 1.82) is 0 Å². The third kappa shape index (κ3) is 5.75. The van der Waals surface area contributed by atoms with Crippen LogP contribution in [0.25, 0.3) is 0 Å². The highest BCUT2D eigenvalue weighted by Gasteiger charge is 2.14. The summed E-state index contributed by atoms with van der Waals surface area (Å²) in [6, 6.07) is 7.36. The fourth-order valence-corrected chi connectivity index (χ4v) is 1.69. The van der Waals surface area contributed by atoms with Crippen LogP contribution in [-0.2, 0) is 4.79 Å². The van der Waals surface area contributed by atoms with Crippen LogP contribution in [0.15, 0.2) is 24.3 Å². The average molecular weight is 264 g/mol. The van der Waals surface area contributed by atoms with E-state index in [1.54, 1.807) is 0 Å². The molecule has 4 nitrogen and oxygen atoms in total. The molecule has 0 radical (unpaired) electrons. The number of aryl methyl sites for hydroxylation is 1. The SMILES string of the molecule is CCC[C@@H](N)C(=O)NC(C)COc1ccc(C)cc1. The van der Waals surface area contributed by atoms with Crippen LogP contribution < -0.4 is 15.8 Å². The molecule has 1 aromatic carbocycles. The molecule has 0 aliphatic rings. The number of amides is 1. The fraction of sp³-hybridized carbons (Fsp3) is 0.533. The largest absolute Gasteiger partial charge is 0.491 e. The Balaban J connectivity index is 2.33. The van der Waals surface area contributed by atoms with Crippen LogP contribution in [0.2, 0.25) is 0 Å². The van der Waals surface area contributed by atoms with Crippen LogP contribution in [0.5, 0.6) is 5.75 Å². The van der Waals surface area contributed by atoms with E-state index in [9.17, 15) is 4.79 Å². The minimum absolute atomic E-state index is 0.0586. The quantitative estimate of drug-likeness (QED) is 0.791. The van der Waals surface area contributed by atoms with Crippen LogP contribution in [0.4, 0.5) is 0 Å². The number of carbonyl (C=O) groups excluding carboxylic acids is 1. The molecule has 4 heteroatoms. The van der Waals surface area contributed by atoms with Crippen molar-refractivity contribution in [3.8, 4) is 5.75 Å². The van der Waals surface area contributed by atoms with Crippen LogP contribution in [0.1, 0.15) is 32.3 Å². The number of carbonyl (C=O) groups is 1. The van der Waals surface area contributed by atoms with Crippen molar-refractivity contribution in [2.24, 2.45) is 5.73 Å². The molecule has 0 bridgehead atoms. The van der Waals surface area contributed by atoms with Gasteiger partial charge in [-0.2, -0.15) is 0 Å². The van der Waals surface area contributed by atoms with Gasteiger partial charge in [0, 0.05) is 0 Å². The van der Waals surface area contributed by atoms with Crippen molar-refractivity contribution < 1.29 is 9.53 Å². The van der Waals surface area contributed by atoms with Crippen molar-refractivity contribution in [2.75, 3.05) is 6.61 Å². The summed E-state index contributed by atoms with van der Waals surface area (Å²) in [5.41, 5.74) is 6.94. The summed E-state index contributed by atoms with van der Waals surface area (Å²) in [7, 11) is 0. The highest BCUT2D eigenvalue weighted by atomic mass is 16.5. The van der Waals surface area contributed by atoms with Crippen LogP contribution in [0.3, 0.4) is 0 Å². The Kier molecular flexibility index (Phi) is 6.36. The molecule has 0 saturated carbocycles. The predicted molar refractivity (Wildman–Crippen MR) is 77.2 cm³/mol. The first kappa shape index (κ1) is 15.5. The summed E-state index contributed by atoms with van der Waals surface area (Å²) < 4.78 is 5.61. The molecular formula is C15H24N2O2. The van der Waals surface area contributed by atoms with E-state index in [1.807, 2.05) is 45.0 Å². The molecule has 3 N–H and O–H groups in total. The molecule has 0 heterocycles. The number of nitrogens with two attached hydrogens (primary N) is 1. The Labute approximate surface area is 115 Å². The van der Waals surface area contributed by atoms with Crippen molar-refractivity contribution in [2.45, 2.75) is 45.7 Å². The first-order valence-corrected chi connectivity index (χ1v) is 6.78. The normalized spacial score (nSPS) is 13.7. The van der Waals surface area contributed by atoms with Gasteiger partial charge in [-0.3, -0.25) is 4.79 Å². The predicted octanol–water partition coefficient (Wildman–Crippen LogP) is 2.01. The third-order valence-electron chi connectivity index (χ3n) is 2.85. The van der Waals surface area contributed by atoms with E-state index in [2.05, 4.69) is 5.32 Å². The monoisotopic (exact) mass is 264 g/mol. The number of ether oxygens (including phenoxy) is 1. The molecule has 2 atom stereocenters. The van der Waals surface area contributed by atoms with Gasteiger partial charge < -0.3 is 15.8 Å². The second-order valence-electron chi connectivity index (χ2n) is 4.93. The van der Waals surface area contributed by atoms with Crippen molar-refractivity contribution in [3.05, 3.63) is 29.8 Å². The van der Waals surface area contributed by atoms with Gasteiger partial charge in [-0.1, -0.05) is 31.0 Å². The van der Waals surface area contributed by atoms with Gasteiger partial charge in [-0.05, 0) is 32.4 Å². The van der Waals surface area contributed by atoms with E-state index in [0.29, 0.717) is 13.0 Å². The molecule has 1 unspecified atom stereocenters.